The lowest BCUT2D eigenvalue weighted by atomic mass is 10.0. The number of anilines is 3. The third-order valence-electron chi connectivity index (χ3n) is 5.50. The molecule has 0 radical (unpaired) electrons. The maximum Gasteiger partial charge on any atom is 0.255 e. The number of hydrogen-bond donors (Lipinski definition) is 4. The smallest absolute Gasteiger partial charge is 0.255 e. The van der Waals surface area contributed by atoms with E-state index in [-0.39, 0.29) is 18.7 Å². The van der Waals surface area contributed by atoms with E-state index < -0.39 is 29.9 Å². The maximum absolute atomic E-state index is 14.4. The number of alkyl halides is 2. The van der Waals surface area contributed by atoms with E-state index in [0.717, 1.165) is 0 Å². The Morgan fingerprint density at radius 2 is 2.18 bits per heavy atom. The van der Waals surface area contributed by atoms with Gasteiger partial charge in [-0.1, -0.05) is 0 Å². The fraction of sp³-hybridized carbons (Fsp3) is 0.455. The van der Waals surface area contributed by atoms with Crippen LogP contribution in [-0.2, 0) is 4.74 Å². The molecule has 1 aliphatic heterocycles. The van der Waals surface area contributed by atoms with E-state index in [2.05, 4.69) is 31.0 Å². The van der Waals surface area contributed by atoms with Gasteiger partial charge in [0.05, 0.1) is 36.0 Å². The summed E-state index contributed by atoms with van der Waals surface area (Å²) in [7, 11) is 0. The van der Waals surface area contributed by atoms with Gasteiger partial charge >= 0.3 is 0 Å². The van der Waals surface area contributed by atoms with Gasteiger partial charge in [-0.2, -0.15) is 0 Å². The number of ether oxygens (including phenoxy) is 1. The Morgan fingerprint density at radius 3 is 2.94 bits per heavy atom. The average molecular weight is 476 g/mol. The Labute approximate surface area is 194 Å². The lowest BCUT2D eigenvalue weighted by Gasteiger charge is -2.28. The summed E-state index contributed by atoms with van der Waals surface area (Å²) in [6.45, 7) is 2.60. The van der Waals surface area contributed by atoms with E-state index >= 15 is 0 Å². The summed E-state index contributed by atoms with van der Waals surface area (Å²) in [6, 6.07) is 4.51. The molecule has 4 N–H and O–H groups in total. The van der Waals surface area contributed by atoms with Crippen LogP contribution in [0.25, 0.3) is 5.65 Å². The number of aliphatic hydroxyl groups is 1. The standard InChI is InChI=1S/C22H27F2N7O3/c1-22(2,33)17(24)11-27-21(32)13-10-26-19(9-16(13)28-15-5-8-34-12-14(15)23)29-18-3-4-20-25-6-7-31(20)30-18/h3-4,6-7,9-10,14-15,17,33H,5,8,11-12H2,1-2H3,(H,27,32)(H2,26,28,29,30). The number of nitrogens with one attached hydrogen (secondary N) is 3. The van der Waals surface area contributed by atoms with E-state index in [1.807, 2.05) is 0 Å². The van der Waals surface area contributed by atoms with Crippen LogP contribution in [0.1, 0.15) is 30.6 Å². The summed E-state index contributed by atoms with van der Waals surface area (Å²) in [4.78, 5) is 21.2. The number of hydrogen-bond acceptors (Lipinski definition) is 8. The van der Waals surface area contributed by atoms with Gasteiger partial charge in [0.25, 0.3) is 5.91 Å². The highest BCUT2D eigenvalue weighted by molar-refractivity contribution is 5.99. The quantitative estimate of drug-likeness (QED) is 0.391. The van der Waals surface area contributed by atoms with Crippen molar-refractivity contribution >= 4 is 28.9 Å². The van der Waals surface area contributed by atoms with E-state index in [1.165, 1.54) is 20.0 Å². The minimum Gasteiger partial charge on any atom is -0.387 e. The van der Waals surface area contributed by atoms with Crippen molar-refractivity contribution in [1.82, 2.24) is 24.9 Å². The van der Waals surface area contributed by atoms with Gasteiger partial charge in [0.2, 0.25) is 0 Å². The molecule has 3 atom stereocenters. The van der Waals surface area contributed by atoms with Crippen molar-refractivity contribution in [3.8, 4) is 0 Å². The van der Waals surface area contributed by atoms with Crippen LogP contribution in [0.3, 0.4) is 0 Å². The molecule has 1 fully saturated rings. The fourth-order valence-electron chi connectivity index (χ4n) is 3.43. The van der Waals surface area contributed by atoms with E-state index in [1.54, 1.807) is 35.1 Å². The number of carbonyl (C=O) groups is 1. The molecule has 1 aliphatic rings. The van der Waals surface area contributed by atoms with Crippen molar-refractivity contribution in [3.05, 3.63) is 42.4 Å². The van der Waals surface area contributed by atoms with Gasteiger partial charge in [-0.3, -0.25) is 4.79 Å². The number of imidazole rings is 1. The maximum atomic E-state index is 14.4. The SMILES string of the molecule is CC(C)(O)C(F)CNC(=O)c1cnc(Nc2ccc3nccn3n2)cc1NC1CCOCC1F. The first-order valence-electron chi connectivity index (χ1n) is 10.9. The first kappa shape index (κ1) is 23.8. The Hall–Kier alpha value is -3.38. The summed E-state index contributed by atoms with van der Waals surface area (Å²) in [5.41, 5.74) is -0.483. The average Bonchev–Trinajstić information content (AvgIpc) is 3.26. The van der Waals surface area contributed by atoms with Crippen molar-refractivity contribution < 1.29 is 23.4 Å². The second-order valence-corrected chi connectivity index (χ2v) is 8.65. The van der Waals surface area contributed by atoms with Crippen LogP contribution in [0.4, 0.5) is 26.1 Å². The Kier molecular flexibility index (Phi) is 6.89. The van der Waals surface area contributed by atoms with E-state index in [4.69, 9.17) is 4.74 Å². The van der Waals surface area contributed by atoms with Crippen LogP contribution in [0.2, 0.25) is 0 Å². The van der Waals surface area contributed by atoms with Gasteiger partial charge in [-0.05, 0) is 32.4 Å². The van der Waals surface area contributed by atoms with Crippen LogP contribution in [0.5, 0.6) is 0 Å². The molecular formula is C22H27F2N7O3. The molecule has 3 aromatic rings. The molecule has 34 heavy (non-hydrogen) atoms. The second kappa shape index (κ2) is 9.85. The highest BCUT2D eigenvalue weighted by Crippen LogP contribution is 2.25. The predicted octanol–water partition coefficient (Wildman–Crippen LogP) is 2.25. The normalized spacial score (nSPS) is 19.6. The summed E-state index contributed by atoms with van der Waals surface area (Å²) in [5.74, 6) is 0.253. The molecule has 4 rings (SSSR count). The van der Waals surface area contributed by atoms with Gasteiger partial charge in [-0.25, -0.2) is 23.3 Å². The van der Waals surface area contributed by atoms with E-state index in [0.29, 0.717) is 36.0 Å². The molecule has 1 amide bonds. The number of rotatable bonds is 8. The largest absolute Gasteiger partial charge is 0.387 e. The number of fused-ring (bicyclic) bond motifs is 1. The molecule has 0 aromatic carbocycles. The zero-order valence-electron chi connectivity index (χ0n) is 18.8. The molecule has 3 aromatic heterocycles. The zero-order chi connectivity index (χ0) is 24.3. The molecule has 3 unspecified atom stereocenters. The molecule has 10 nitrogen and oxygen atoms in total. The number of amides is 1. The topological polar surface area (TPSA) is 126 Å². The molecular weight excluding hydrogens is 448 g/mol. The molecule has 1 saturated heterocycles. The first-order chi connectivity index (χ1) is 16.2. The minimum atomic E-state index is -1.67. The van der Waals surface area contributed by atoms with Gasteiger partial charge in [-0.15, -0.1) is 5.10 Å². The zero-order valence-corrected chi connectivity index (χ0v) is 18.8. The Balaban J connectivity index is 1.57. The lowest BCUT2D eigenvalue weighted by molar-refractivity contribution is -0.00177. The van der Waals surface area contributed by atoms with Gasteiger partial charge in [0, 0.05) is 31.3 Å². The molecule has 4 heterocycles. The van der Waals surface area contributed by atoms with Crippen molar-refractivity contribution in [2.45, 2.75) is 44.3 Å². The van der Waals surface area contributed by atoms with Crippen LogP contribution in [0, 0.1) is 0 Å². The summed E-state index contributed by atoms with van der Waals surface area (Å²) >= 11 is 0. The second-order valence-electron chi connectivity index (χ2n) is 8.65. The molecule has 0 aliphatic carbocycles. The fourth-order valence-corrected chi connectivity index (χ4v) is 3.43. The number of aromatic nitrogens is 4. The van der Waals surface area contributed by atoms with Crippen molar-refractivity contribution in [1.29, 1.82) is 0 Å². The summed E-state index contributed by atoms with van der Waals surface area (Å²) in [6.07, 6.45) is 2.13. The Bertz CT molecular complexity index is 1150. The van der Waals surface area contributed by atoms with Crippen LogP contribution < -0.4 is 16.0 Å². The van der Waals surface area contributed by atoms with Gasteiger partial charge < -0.3 is 25.8 Å². The van der Waals surface area contributed by atoms with Crippen LogP contribution >= 0.6 is 0 Å². The highest BCUT2D eigenvalue weighted by Gasteiger charge is 2.29. The third kappa shape index (κ3) is 5.57. The molecule has 0 bridgehead atoms. The molecule has 182 valence electrons. The van der Waals surface area contributed by atoms with Crippen molar-refractivity contribution in [2.24, 2.45) is 0 Å². The highest BCUT2D eigenvalue weighted by atomic mass is 19.1. The molecule has 0 saturated carbocycles. The number of halogens is 2. The van der Waals surface area contributed by atoms with E-state index in [9.17, 15) is 18.7 Å². The van der Waals surface area contributed by atoms with Crippen LogP contribution in [0.15, 0.2) is 36.8 Å². The van der Waals surface area contributed by atoms with Gasteiger partial charge in [0.15, 0.2) is 11.5 Å². The predicted molar refractivity (Wildman–Crippen MR) is 122 cm³/mol. The number of carbonyl (C=O) groups excluding carboxylic acids is 1. The van der Waals surface area contributed by atoms with Crippen LogP contribution in [-0.4, -0.2) is 74.3 Å². The van der Waals surface area contributed by atoms with Crippen molar-refractivity contribution in [3.63, 3.8) is 0 Å². The monoisotopic (exact) mass is 475 g/mol. The lowest BCUT2D eigenvalue weighted by Crippen LogP contribution is -2.42. The summed E-state index contributed by atoms with van der Waals surface area (Å²) in [5, 5.41) is 22.8. The summed E-state index contributed by atoms with van der Waals surface area (Å²) < 4.78 is 35.3. The van der Waals surface area contributed by atoms with Crippen molar-refractivity contribution in [2.75, 3.05) is 30.4 Å². The molecule has 12 heteroatoms. The number of pyridine rings is 1. The minimum absolute atomic E-state index is 0.0423. The third-order valence-corrected chi connectivity index (χ3v) is 5.50. The number of nitrogens with zero attached hydrogens (tertiary/aromatic N) is 4. The first-order valence-corrected chi connectivity index (χ1v) is 10.9. The Morgan fingerprint density at radius 1 is 1.35 bits per heavy atom. The molecule has 0 spiro atoms. The van der Waals surface area contributed by atoms with Gasteiger partial charge in [0.1, 0.15) is 18.2 Å².